The van der Waals surface area contributed by atoms with Gasteiger partial charge in [-0.25, -0.2) is 0 Å². The predicted molar refractivity (Wildman–Crippen MR) is 54.7 cm³/mol. The van der Waals surface area contributed by atoms with Crippen molar-refractivity contribution < 1.29 is 14.4 Å². The van der Waals surface area contributed by atoms with Gasteiger partial charge < -0.3 is 9.63 Å². The molecule has 0 aliphatic rings. The monoisotopic (exact) mass is 205 g/mol. The third-order valence-corrected chi connectivity index (χ3v) is 2.29. The fourth-order valence-corrected chi connectivity index (χ4v) is 1.58. The van der Waals surface area contributed by atoms with Gasteiger partial charge in [-0.2, -0.15) is 0 Å². The van der Waals surface area contributed by atoms with Crippen LogP contribution in [0.4, 0.5) is 0 Å². The maximum atomic E-state index is 10.6. The highest BCUT2D eigenvalue weighted by Gasteiger charge is 2.08. The molecule has 15 heavy (non-hydrogen) atoms. The molecule has 1 heterocycles. The summed E-state index contributed by atoms with van der Waals surface area (Å²) in [5.74, 6) is -0.0268. The van der Waals surface area contributed by atoms with E-state index in [1.54, 1.807) is 12.1 Å². The summed E-state index contributed by atoms with van der Waals surface area (Å²) in [5, 5.41) is 13.5. The second kappa shape index (κ2) is 3.73. The van der Waals surface area contributed by atoms with Crippen molar-refractivity contribution in [2.45, 2.75) is 19.8 Å². The Morgan fingerprint density at radius 3 is 3.00 bits per heavy atom. The Morgan fingerprint density at radius 2 is 2.33 bits per heavy atom. The van der Waals surface area contributed by atoms with Gasteiger partial charge in [0.15, 0.2) is 0 Å². The second-order valence-corrected chi connectivity index (χ2v) is 3.38. The molecular weight excluding hydrogens is 194 g/mol. The quantitative estimate of drug-likeness (QED) is 0.832. The lowest BCUT2D eigenvalue weighted by Gasteiger charge is -1.96. The molecule has 1 aromatic carbocycles. The van der Waals surface area contributed by atoms with Crippen LogP contribution in [0.25, 0.3) is 10.9 Å². The van der Waals surface area contributed by atoms with Crippen LogP contribution in [0, 0.1) is 0 Å². The smallest absolute Gasteiger partial charge is 0.307 e. The maximum absolute atomic E-state index is 10.6. The lowest BCUT2D eigenvalue weighted by atomic mass is 10.1. The number of hydrogen-bond donors (Lipinski definition) is 1. The van der Waals surface area contributed by atoms with E-state index in [4.69, 9.17) is 9.63 Å². The highest BCUT2D eigenvalue weighted by molar-refractivity contribution is 5.82. The number of aliphatic carboxylic acids is 1. The van der Waals surface area contributed by atoms with E-state index in [0.717, 1.165) is 28.6 Å². The number of aromatic nitrogens is 1. The van der Waals surface area contributed by atoms with Crippen LogP contribution in [0.2, 0.25) is 0 Å². The average Bonchev–Trinajstić information content (AvgIpc) is 2.59. The highest BCUT2D eigenvalue weighted by atomic mass is 16.5. The molecule has 1 aromatic heterocycles. The zero-order chi connectivity index (χ0) is 10.8. The van der Waals surface area contributed by atoms with Gasteiger partial charge in [0, 0.05) is 11.8 Å². The molecule has 4 heteroatoms. The molecule has 0 aliphatic carbocycles. The number of hydrogen-bond acceptors (Lipinski definition) is 3. The molecule has 78 valence electrons. The minimum Gasteiger partial charge on any atom is -0.481 e. The van der Waals surface area contributed by atoms with Gasteiger partial charge in [-0.15, -0.1) is 0 Å². The normalized spacial score (nSPS) is 10.7. The van der Waals surface area contributed by atoms with Crippen molar-refractivity contribution in [3.05, 3.63) is 29.5 Å². The van der Waals surface area contributed by atoms with Crippen LogP contribution < -0.4 is 0 Å². The number of rotatable bonds is 3. The molecular formula is C11H11NO3. The first-order valence-electron chi connectivity index (χ1n) is 4.79. The Hall–Kier alpha value is -1.84. The van der Waals surface area contributed by atoms with Gasteiger partial charge in [-0.3, -0.25) is 4.79 Å². The van der Waals surface area contributed by atoms with Crippen LogP contribution >= 0.6 is 0 Å². The number of aryl methyl sites for hydroxylation is 1. The minimum absolute atomic E-state index is 0.0320. The fourth-order valence-electron chi connectivity index (χ4n) is 1.58. The van der Waals surface area contributed by atoms with Gasteiger partial charge in [0.1, 0.15) is 11.3 Å². The van der Waals surface area contributed by atoms with Crippen LogP contribution in [0.1, 0.15) is 18.2 Å². The Morgan fingerprint density at radius 1 is 1.53 bits per heavy atom. The van der Waals surface area contributed by atoms with E-state index in [9.17, 15) is 4.79 Å². The van der Waals surface area contributed by atoms with E-state index in [-0.39, 0.29) is 6.42 Å². The Kier molecular flexibility index (Phi) is 2.41. The largest absolute Gasteiger partial charge is 0.481 e. The van der Waals surface area contributed by atoms with Crippen LogP contribution in [0.3, 0.4) is 0 Å². The number of benzene rings is 1. The van der Waals surface area contributed by atoms with E-state index in [2.05, 4.69) is 5.16 Å². The SMILES string of the molecule is CCc1onc2ccc(CC(=O)O)cc12. The number of carboxylic acid groups (broad SMARTS) is 1. The Balaban J connectivity index is 2.47. The van der Waals surface area contributed by atoms with Crippen LogP contribution in [-0.2, 0) is 17.6 Å². The van der Waals surface area contributed by atoms with Gasteiger partial charge in [-0.05, 0) is 17.7 Å². The van der Waals surface area contributed by atoms with Crippen molar-refractivity contribution in [1.29, 1.82) is 0 Å². The van der Waals surface area contributed by atoms with Crippen molar-refractivity contribution >= 4 is 16.9 Å². The molecule has 0 saturated carbocycles. The number of carboxylic acids is 1. The number of carbonyl (C=O) groups is 1. The average molecular weight is 205 g/mol. The van der Waals surface area contributed by atoms with Crippen molar-refractivity contribution in [2.24, 2.45) is 0 Å². The van der Waals surface area contributed by atoms with E-state index < -0.39 is 5.97 Å². The number of nitrogens with zero attached hydrogens (tertiary/aromatic N) is 1. The van der Waals surface area contributed by atoms with Crippen LogP contribution in [-0.4, -0.2) is 16.2 Å². The zero-order valence-electron chi connectivity index (χ0n) is 8.36. The summed E-state index contributed by atoms with van der Waals surface area (Å²) in [6.07, 6.45) is 0.789. The summed E-state index contributed by atoms with van der Waals surface area (Å²) in [6, 6.07) is 5.38. The van der Waals surface area contributed by atoms with Crippen LogP contribution in [0.5, 0.6) is 0 Å². The summed E-state index contributed by atoms with van der Waals surface area (Å²) in [5.41, 5.74) is 1.55. The highest BCUT2D eigenvalue weighted by Crippen LogP contribution is 2.20. The lowest BCUT2D eigenvalue weighted by Crippen LogP contribution is -1.99. The van der Waals surface area contributed by atoms with Crippen molar-refractivity contribution in [3.8, 4) is 0 Å². The summed E-state index contributed by atoms with van der Waals surface area (Å²) in [4.78, 5) is 10.6. The van der Waals surface area contributed by atoms with E-state index in [0.29, 0.717) is 0 Å². The molecule has 0 radical (unpaired) electrons. The molecule has 2 rings (SSSR count). The first kappa shape index (κ1) is 9.71. The second-order valence-electron chi connectivity index (χ2n) is 3.38. The van der Waals surface area contributed by atoms with E-state index >= 15 is 0 Å². The molecule has 0 aliphatic heterocycles. The van der Waals surface area contributed by atoms with E-state index in [1.807, 2.05) is 13.0 Å². The molecule has 0 saturated heterocycles. The van der Waals surface area contributed by atoms with Crippen molar-refractivity contribution in [1.82, 2.24) is 5.16 Å². The topological polar surface area (TPSA) is 63.3 Å². The third-order valence-electron chi connectivity index (χ3n) is 2.29. The van der Waals surface area contributed by atoms with Gasteiger partial charge in [0.05, 0.1) is 6.42 Å². The first-order chi connectivity index (χ1) is 7.20. The molecule has 0 spiro atoms. The molecule has 1 N–H and O–H groups in total. The van der Waals surface area contributed by atoms with E-state index in [1.165, 1.54) is 0 Å². The lowest BCUT2D eigenvalue weighted by molar-refractivity contribution is -0.136. The molecule has 0 bridgehead atoms. The van der Waals surface area contributed by atoms with Gasteiger partial charge in [0.2, 0.25) is 0 Å². The molecule has 4 nitrogen and oxygen atoms in total. The third kappa shape index (κ3) is 1.83. The molecule has 0 atom stereocenters. The zero-order valence-corrected chi connectivity index (χ0v) is 8.36. The molecule has 0 unspecified atom stereocenters. The van der Waals surface area contributed by atoms with Crippen LogP contribution in [0.15, 0.2) is 22.7 Å². The molecule has 0 amide bonds. The maximum Gasteiger partial charge on any atom is 0.307 e. The van der Waals surface area contributed by atoms with Gasteiger partial charge in [0.25, 0.3) is 0 Å². The summed E-state index contributed by atoms with van der Waals surface area (Å²) in [6.45, 7) is 1.98. The van der Waals surface area contributed by atoms with Crippen molar-refractivity contribution in [2.75, 3.05) is 0 Å². The number of fused-ring (bicyclic) bond motifs is 1. The Bertz CT molecular complexity index is 502. The first-order valence-corrected chi connectivity index (χ1v) is 4.79. The summed E-state index contributed by atoms with van der Waals surface area (Å²) < 4.78 is 5.13. The summed E-state index contributed by atoms with van der Waals surface area (Å²) in [7, 11) is 0. The standard InChI is InChI=1S/C11H11NO3/c1-2-10-8-5-7(6-11(13)14)3-4-9(8)12-15-10/h3-5H,2,6H2,1H3,(H,13,14). The van der Waals surface area contributed by atoms with Crippen molar-refractivity contribution in [3.63, 3.8) is 0 Å². The minimum atomic E-state index is -0.830. The molecule has 0 fully saturated rings. The molecule has 2 aromatic rings. The fraction of sp³-hybridized carbons (Fsp3) is 0.273. The Labute approximate surface area is 86.5 Å². The van der Waals surface area contributed by atoms with Gasteiger partial charge in [-0.1, -0.05) is 18.1 Å². The summed E-state index contributed by atoms with van der Waals surface area (Å²) >= 11 is 0. The van der Waals surface area contributed by atoms with Gasteiger partial charge >= 0.3 is 5.97 Å². The predicted octanol–water partition coefficient (Wildman–Crippen LogP) is 2.02.